The van der Waals surface area contributed by atoms with E-state index in [9.17, 15) is 5.41 Å². The van der Waals surface area contributed by atoms with E-state index >= 15 is 0 Å². The molecular weight excluding hydrogens is 785 g/mol. The molecule has 0 unspecified atom stereocenters. The summed E-state index contributed by atoms with van der Waals surface area (Å²) in [5.74, 6) is 0. The Balaban J connectivity index is 0.000000324. The summed E-state index contributed by atoms with van der Waals surface area (Å²) >= 11 is 0. The van der Waals surface area contributed by atoms with Gasteiger partial charge in [0.15, 0.2) is 0 Å². The van der Waals surface area contributed by atoms with E-state index in [4.69, 9.17) is 13.7 Å². The minimum absolute atomic E-state index is 0. The van der Waals surface area contributed by atoms with Gasteiger partial charge in [-0.2, -0.15) is 6.21 Å². The first kappa shape index (κ1) is 27.5. The molecule has 0 saturated carbocycles. The van der Waals surface area contributed by atoms with Gasteiger partial charge in [-0.3, -0.25) is 0 Å². The fourth-order valence-corrected chi connectivity index (χ4v) is 5.03. The normalized spacial score (nSPS) is 16.1. The van der Waals surface area contributed by atoms with Crippen LogP contribution in [0.25, 0.3) is 38.9 Å². The number of nitrogens with zero attached hydrogens (tertiary/aromatic N) is 2. The molecule has 258 valence electrons. The number of aromatic nitrogens is 1. The molecule has 0 amide bonds. The van der Waals surface area contributed by atoms with Crippen molar-refractivity contribution in [1.29, 1.82) is 0 Å². The van der Waals surface area contributed by atoms with Crippen molar-refractivity contribution in [1.82, 2.24) is 4.98 Å². The van der Waals surface area contributed by atoms with Crippen LogP contribution < -0.4 is 0 Å². The maximum atomic E-state index is 9.27. The monoisotopic (exact) mass is 846 g/mol. The molecule has 5 rings (SSSR count). The summed E-state index contributed by atoms with van der Waals surface area (Å²) in [5.41, 5.74) is 6.20. The number of hydrogen-bond donors (Lipinski definition) is 0. The first-order chi connectivity index (χ1) is 27.2. The second-order valence-corrected chi connectivity index (χ2v) is 13.9. The molecule has 0 fully saturated rings. The molecule has 0 bridgehead atoms. The van der Waals surface area contributed by atoms with Gasteiger partial charge < -0.3 is 10.4 Å². The van der Waals surface area contributed by atoms with Crippen LogP contribution in [0.3, 0.4) is 0 Å². The van der Waals surface area contributed by atoms with Crippen LogP contribution in [0.15, 0.2) is 115 Å². The summed E-state index contributed by atoms with van der Waals surface area (Å²) in [6.07, 6.45) is 2.95. The standard InChI is InChI=1S/C24H26N.C23H25N.Ir/c1-17-6-13-23(25-16-17)21-10-7-18(2)22(14-21)20-11-8-19(9-12-20)15-24(3,4)5;1-18(20-8-6-5-7-9-20)16-22(14-15-24)21-12-10-19(11-13-21)17-23(2,3)4;/h6-9,11-14,16H,15H2,1-5H3;5-8,10-16H,17H2,1-4H3;/q-1;-2;+3/b;18-16+,22-14+;/i1D3,2D3,15D2;17D2;. The van der Waals surface area contributed by atoms with Crippen LogP contribution in [0, 0.1) is 36.7 Å². The fraction of sp³-hybridized carbons (Fsp3) is 0.277. The van der Waals surface area contributed by atoms with Crippen LogP contribution in [0.2, 0.25) is 0 Å². The zero-order chi connectivity index (χ0) is 44.2. The third-order valence-electron chi connectivity index (χ3n) is 7.20. The minimum atomic E-state index is -2.37. The van der Waals surface area contributed by atoms with E-state index in [0.29, 0.717) is 33.5 Å². The zero-order valence-corrected chi connectivity index (χ0v) is 32.2. The van der Waals surface area contributed by atoms with Crippen LogP contribution in [-0.4, -0.2) is 11.2 Å². The average molecular weight is 846 g/mol. The molecule has 0 aliphatic carbocycles. The molecule has 0 atom stereocenters. The number of benzene rings is 4. The summed E-state index contributed by atoms with van der Waals surface area (Å²) in [5, 5.41) is 9.27. The molecule has 0 aliphatic rings. The molecule has 2 nitrogen and oxygen atoms in total. The predicted molar refractivity (Wildman–Crippen MR) is 213 cm³/mol. The van der Waals surface area contributed by atoms with Crippen molar-refractivity contribution in [3.05, 3.63) is 166 Å². The number of rotatable bonds is 8. The van der Waals surface area contributed by atoms with Crippen LogP contribution in [0.4, 0.5) is 0 Å². The van der Waals surface area contributed by atoms with E-state index in [1.807, 2.05) is 103 Å². The molecular formula is C47H51IrN2. The molecule has 0 saturated heterocycles. The Labute approximate surface area is 329 Å². The minimum Gasteiger partial charge on any atom is -0.811 e. The van der Waals surface area contributed by atoms with Crippen molar-refractivity contribution in [2.24, 2.45) is 10.8 Å². The molecule has 5 aromatic rings. The van der Waals surface area contributed by atoms with E-state index in [1.165, 1.54) is 18.3 Å². The second-order valence-electron chi connectivity index (χ2n) is 13.9. The summed E-state index contributed by atoms with van der Waals surface area (Å²) in [6.45, 7) is 8.56. The summed E-state index contributed by atoms with van der Waals surface area (Å²) in [4.78, 5) is 4.23. The van der Waals surface area contributed by atoms with E-state index in [0.717, 1.165) is 28.5 Å². The van der Waals surface area contributed by atoms with Gasteiger partial charge in [-0.25, -0.2) is 0 Å². The molecule has 0 N–H and O–H groups in total. The van der Waals surface area contributed by atoms with Crippen LogP contribution >= 0.6 is 0 Å². The predicted octanol–water partition coefficient (Wildman–Crippen LogP) is 12.6. The van der Waals surface area contributed by atoms with Gasteiger partial charge >= 0.3 is 20.1 Å². The summed E-state index contributed by atoms with van der Waals surface area (Å²) < 4.78 is 80.0. The largest absolute Gasteiger partial charge is 3.00 e. The summed E-state index contributed by atoms with van der Waals surface area (Å²) in [6, 6.07) is 34.3. The average Bonchev–Trinajstić information content (AvgIpc) is 3.16. The quantitative estimate of drug-likeness (QED) is 0.0870. The second kappa shape index (κ2) is 18.2. The van der Waals surface area contributed by atoms with Crippen LogP contribution in [0.1, 0.15) is 95.6 Å². The Bertz CT molecular complexity index is 2260. The van der Waals surface area contributed by atoms with Crippen LogP contribution in [-0.2, 0) is 32.9 Å². The van der Waals surface area contributed by atoms with Gasteiger partial charge in [0.2, 0.25) is 0 Å². The van der Waals surface area contributed by atoms with E-state index in [2.05, 4.69) is 17.1 Å². The topological polar surface area (TPSA) is 35.2 Å². The summed E-state index contributed by atoms with van der Waals surface area (Å²) in [7, 11) is 0. The maximum absolute atomic E-state index is 9.27. The number of aryl methyl sites for hydroxylation is 2. The van der Waals surface area contributed by atoms with Crippen molar-refractivity contribution in [2.75, 3.05) is 0 Å². The molecule has 1 aromatic heterocycles. The third kappa shape index (κ3) is 12.6. The first-order valence-electron chi connectivity index (χ1n) is 21.3. The Morgan fingerprint density at radius 1 is 0.840 bits per heavy atom. The van der Waals surface area contributed by atoms with Gasteiger partial charge in [-0.1, -0.05) is 134 Å². The Kier molecular flexibility index (Phi) is 10.0. The van der Waals surface area contributed by atoms with Gasteiger partial charge in [-0.15, -0.1) is 70.8 Å². The Hall–Kier alpha value is -4.17. The van der Waals surface area contributed by atoms with Gasteiger partial charge in [0, 0.05) is 19.9 Å². The molecule has 0 spiro atoms. The maximum Gasteiger partial charge on any atom is 3.00 e. The molecule has 1 heterocycles. The Morgan fingerprint density at radius 2 is 1.50 bits per heavy atom. The van der Waals surface area contributed by atoms with Gasteiger partial charge in [-0.05, 0) is 69.5 Å². The number of hydrogen-bond acceptors (Lipinski definition) is 1. The van der Waals surface area contributed by atoms with Crippen molar-refractivity contribution < 1.29 is 33.8 Å². The smallest absolute Gasteiger partial charge is 0.811 e. The molecule has 0 aliphatic heterocycles. The van der Waals surface area contributed by atoms with Crippen molar-refractivity contribution in [3.8, 4) is 22.4 Å². The van der Waals surface area contributed by atoms with Crippen molar-refractivity contribution in [3.63, 3.8) is 0 Å². The molecule has 3 heteroatoms. The van der Waals surface area contributed by atoms with Gasteiger partial charge in [0.05, 0.1) is 0 Å². The molecule has 4 aromatic carbocycles. The zero-order valence-electron chi connectivity index (χ0n) is 39.8. The fourth-order valence-electron chi connectivity index (χ4n) is 5.03. The third-order valence-corrected chi connectivity index (χ3v) is 7.20. The van der Waals surface area contributed by atoms with Crippen molar-refractivity contribution in [2.45, 2.75) is 74.9 Å². The number of allylic oxidation sites excluding steroid dienone is 4. The van der Waals surface area contributed by atoms with Gasteiger partial charge in [0.1, 0.15) is 0 Å². The van der Waals surface area contributed by atoms with Crippen LogP contribution in [0.5, 0.6) is 0 Å². The molecule has 50 heavy (non-hydrogen) atoms. The van der Waals surface area contributed by atoms with E-state index in [-0.39, 0.29) is 31.2 Å². The van der Waals surface area contributed by atoms with Gasteiger partial charge in [0.25, 0.3) is 0 Å². The number of pyridine rings is 1. The van der Waals surface area contributed by atoms with E-state index < -0.39 is 37.3 Å². The first-order valence-corrected chi connectivity index (χ1v) is 16.3. The SMILES string of the molecule is [2H]C([2H])([2H])c1ccc(-c2[c-]cc(C([2H])([2H])[2H])c(-c3ccc(C([2H])([2H])C(C)(C)C)cc3)c2)nc1.[2H]C([2H])(c1ccc(C(/C=C(\C)c2[c-]cccc2)=C/C=[N-])cc1)C(C)(C)C.[Ir+3]. The van der Waals surface area contributed by atoms with E-state index in [1.54, 1.807) is 42.5 Å². The van der Waals surface area contributed by atoms with Crippen molar-refractivity contribution >= 4 is 17.4 Å². The molecule has 0 radical (unpaired) electrons. The Morgan fingerprint density at radius 3 is 2.02 bits per heavy atom.